The number of nitrogens with zero attached hydrogens (tertiary/aromatic N) is 4. The van der Waals surface area contributed by atoms with Crippen LogP contribution in [0.2, 0.25) is 5.02 Å². The molecule has 7 nitrogen and oxygen atoms in total. The Hall–Kier alpha value is -1.17. The summed E-state index contributed by atoms with van der Waals surface area (Å²) in [6, 6.07) is 4.79. The van der Waals surface area contributed by atoms with Crippen LogP contribution in [0.15, 0.2) is 23.2 Å². The van der Waals surface area contributed by atoms with Gasteiger partial charge in [-0.1, -0.05) is 17.7 Å². The number of piperazine rings is 1. The number of guanidine groups is 1. The van der Waals surface area contributed by atoms with Crippen molar-refractivity contribution in [2.45, 2.75) is 13.0 Å². The van der Waals surface area contributed by atoms with Gasteiger partial charge in [0, 0.05) is 76.5 Å². The van der Waals surface area contributed by atoms with Gasteiger partial charge < -0.3 is 19.9 Å². The molecule has 1 N–H and O–H groups in total. The third-order valence-electron chi connectivity index (χ3n) is 5.55. The summed E-state index contributed by atoms with van der Waals surface area (Å²) in [5.74, 6) is 0.908. The number of likely N-dealkylation sites (N-methyl/N-ethyl adjacent to an activating group) is 1. The van der Waals surface area contributed by atoms with E-state index in [1.54, 1.807) is 31.1 Å². The lowest BCUT2D eigenvalue weighted by Gasteiger charge is -2.37. The maximum atomic E-state index is 14.1. The van der Waals surface area contributed by atoms with Crippen molar-refractivity contribution in [1.29, 1.82) is 0 Å². The van der Waals surface area contributed by atoms with E-state index in [0.717, 1.165) is 58.3 Å². The summed E-state index contributed by atoms with van der Waals surface area (Å²) in [5.41, 5.74) is 0.539. The number of carbonyl (C=O) groups excluding carboxylic acids is 1. The summed E-state index contributed by atoms with van der Waals surface area (Å²) >= 11 is 6.18. The normalized spacial score (nSPS) is 19.8. The second-order valence-corrected chi connectivity index (χ2v) is 8.41. The number of halogens is 3. The van der Waals surface area contributed by atoms with E-state index in [1.807, 2.05) is 0 Å². The second kappa shape index (κ2) is 12.8. The molecule has 2 heterocycles. The van der Waals surface area contributed by atoms with Crippen LogP contribution in [0.4, 0.5) is 4.39 Å². The van der Waals surface area contributed by atoms with Crippen LogP contribution >= 0.6 is 35.6 Å². The monoisotopic (exact) mass is 567 g/mol. The fourth-order valence-corrected chi connectivity index (χ4v) is 3.78. The first kappa shape index (κ1) is 26.1. The van der Waals surface area contributed by atoms with Crippen LogP contribution in [0, 0.1) is 11.7 Å². The topological polar surface area (TPSA) is 60.4 Å². The van der Waals surface area contributed by atoms with Gasteiger partial charge >= 0.3 is 0 Å². The molecule has 1 unspecified atom stereocenters. The Balaban J connectivity index is 0.00000341. The van der Waals surface area contributed by atoms with Gasteiger partial charge in [0.15, 0.2) is 5.96 Å². The van der Waals surface area contributed by atoms with Crippen molar-refractivity contribution in [2.24, 2.45) is 10.9 Å². The van der Waals surface area contributed by atoms with Crippen LogP contribution in [0.25, 0.3) is 0 Å². The summed E-state index contributed by atoms with van der Waals surface area (Å²) in [4.78, 5) is 22.5. The summed E-state index contributed by atoms with van der Waals surface area (Å²) < 4.78 is 19.6. The smallest absolute Gasteiger partial charge is 0.243 e. The maximum Gasteiger partial charge on any atom is 0.243 e. The molecular formula is C21H32ClFIN5O2. The lowest BCUT2D eigenvalue weighted by atomic mass is 10.1. The third kappa shape index (κ3) is 7.73. The molecule has 0 aliphatic carbocycles. The molecule has 2 aliphatic rings. The van der Waals surface area contributed by atoms with Gasteiger partial charge in [-0.2, -0.15) is 0 Å². The highest BCUT2D eigenvalue weighted by molar-refractivity contribution is 14.0. The largest absolute Gasteiger partial charge is 0.381 e. The van der Waals surface area contributed by atoms with Crippen LogP contribution in [0.1, 0.15) is 12.0 Å². The van der Waals surface area contributed by atoms with Crippen LogP contribution in [-0.2, 0) is 16.1 Å². The summed E-state index contributed by atoms with van der Waals surface area (Å²) in [5, 5.41) is 3.89. The molecule has 2 fully saturated rings. The second-order valence-electron chi connectivity index (χ2n) is 8.00. The average molecular weight is 568 g/mol. The highest BCUT2D eigenvalue weighted by Gasteiger charge is 2.23. The molecule has 31 heavy (non-hydrogen) atoms. The number of rotatable bonds is 6. The van der Waals surface area contributed by atoms with E-state index in [1.165, 1.54) is 6.07 Å². The molecule has 1 aromatic rings. The van der Waals surface area contributed by atoms with Crippen LogP contribution in [-0.4, -0.2) is 93.1 Å². The molecule has 0 aromatic heterocycles. The first-order valence-electron chi connectivity index (χ1n) is 10.4. The molecule has 2 saturated heterocycles. The van der Waals surface area contributed by atoms with Gasteiger partial charge in [0.05, 0.1) is 6.61 Å². The van der Waals surface area contributed by atoms with Crippen LogP contribution in [0.3, 0.4) is 0 Å². The highest BCUT2D eigenvalue weighted by Crippen LogP contribution is 2.21. The van der Waals surface area contributed by atoms with Crippen molar-refractivity contribution < 1.29 is 13.9 Å². The van der Waals surface area contributed by atoms with Gasteiger partial charge in [-0.15, -0.1) is 24.0 Å². The Kier molecular flexibility index (Phi) is 10.7. The summed E-state index contributed by atoms with van der Waals surface area (Å²) in [6.07, 6.45) is 1.04. The zero-order chi connectivity index (χ0) is 21.5. The quantitative estimate of drug-likeness (QED) is 0.325. The first-order chi connectivity index (χ1) is 14.4. The molecule has 174 valence electrons. The van der Waals surface area contributed by atoms with Crippen molar-refractivity contribution in [1.82, 2.24) is 20.0 Å². The fraction of sp³-hybridized carbons (Fsp3) is 0.619. The Morgan fingerprint density at radius 2 is 2.06 bits per heavy atom. The Morgan fingerprint density at radius 3 is 2.68 bits per heavy atom. The Morgan fingerprint density at radius 1 is 1.32 bits per heavy atom. The average Bonchev–Trinajstić information content (AvgIpc) is 3.25. The number of hydrogen-bond donors (Lipinski definition) is 1. The molecule has 0 saturated carbocycles. The predicted molar refractivity (Wildman–Crippen MR) is 132 cm³/mol. The van der Waals surface area contributed by atoms with E-state index in [9.17, 15) is 9.18 Å². The number of carbonyl (C=O) groups is 1. The van der Waals surface area contributed by atoms with Gasteiger partial charge in [-0.25, -0.2) is 9.38 Å². The molecule has 2 aliphatic heterocycles. The predicted octanol–water partition coefficient (Wildman–Crippen LogP) is 2.29. The molecule has 10 heteroatoms. The van der Waals surface area contributed by atoms with Crippen molar-refractivity contribution in [3.63, 3.8) is 0 Å². The minimum atomic E-state index is -0.269. The van der Waals surface area contributed by atoms with E-state index < -0.39 is 0 Å². The molecular weight excluding hydrogens is 536 g/mol. The summed E-state index contributed by atoms with van der Waals surface area (Å²) in [6.45, 7) is 5.95. The standard InChI is InChI=1S/C21H31ClFN5O2.HI/c1-26(2)20(29)13-25-21(24-12-16-6-11-30-15-16)28-9-7-27(8-10-28)14-17-18(22)4-3-5-19(17)23;/h3-5,16H,6-15H2,1-2H3,(H,24,25);1H. The molecule has 0 bridgehead atoms. The number of aliphatic imine (C=N–C) groups is 1. The van der Waals surface area contributed by atoms with Crippen molar-refractivity contribution in [3.05, 3.63) is 34.6 Å². The van der Waals surface area contributed by atoms with Crippen molar-refractivity contribution in [3.8, 4) is 0 Å². The molecule has 3 rings (SSSR count). The first-order valence-corrected chi connectivity index (χ1v) is 10.8. The molecule has 1 atom stereocenters. The lowest BCUT2D eigenvalue weighted by Crippen LogP contribution is -2.53. The maximum absolute atomic E-state index is 14.1. The lowest BCUT2D eigenvalue weighted by molar-refractivity contribution is -0.127. The van der Waals surface area contributed by atoms with E-state index in [4.69, 9.17) is 16.3 Å². The van der Waals surface area contributed by atoms with Gasteiger partial charge in [-0.05, 0) is 18.6 Å². The van der Waals surface area contributed by atoms with E-state index >= 15 is 0 Å². The fourth-order valence-electron chi connectivity index (χ4n) is 3.56. The van der Waals surface area contributed by atoms with Gasteiger partial charge in [0.1, 0.15) is 12.4 Å². The Labute approximate surface area is 206 Å². The van der Waals surface area contributed by atoms with E-state index in [-0.39, 0.29) is 42.2 Å². The van der Waals surface area contributed by atoms with Gasteiger partial charge in [-0.3, -0.25) is 9.69 Å². The number of hydrogen-bond acceptors (Lipinski definition) is 4. The van der Waals surface area contributed by atoms with E-state index in [2.05, 4.69) is 20.1 Å². The van der Waals surface area contributed by atoms with Crippen molar-refractivity contribution >= 4 is 47.4 Å². The van der Waals surface area contributed by atoms with Gasteiger partial charge in [0.25, 0.3) is 0 Å². The number of ether oxygens (including phenoxy) is 1. The molecule has 1 amide bonds. The Bertz CT molecular complexity index is 733. The SMILES string of the molecule is CN(C)C(=O)CN=C(NCC1CCOC1)N1CCN(Cc2c(F)cccc2Cl)CC1.I. The molecule has 1 aromatic carbocycles. The van der Waals surface area contributed by atoms with Crippen LogP contribution in [0.5, 0.6) is 0 Å². The highest BCUT2D eigenvalue weighted by atomic mass is 127. The van der Waals surface area contributed by atoms with Gasteiger partial charge in [0.2, 0.25) is 5.91 Å². The van der Waals surface area contributed by atoms with Crippen LogP contribution < -0.4 is 5.32 Å². The minimum absolute atomic E-state index is 0. The minimum Gasteiger partial charge on any atom is -0.381 e. The number of nitrogens with one attached hydrogen (secondary N) is 1. The number of benzene rings is 1. The van der Waals surface area contributed by atoms with Crippen molar-refractivity contribution in [2.75, 3.05) is 66.6 Å². The molecule has 0 radical (unpaired) electrons. The third-order valence-corrected chi connectivity index (χ3v) is 5.91. The molecule has 0 spiro atoms. The summed E-state index contributed by atoms with van der Waals surface area (Å²) in [7, 11) is 3.46. The number of amides is 1. The van der Waals surface area contributed by atoms with E-state index in [0.29, 0.717) is 23.0 Å². The zero-order valence-electron chi connectivity index (χ0n) is 18.1. The zero-order valence-corrected chi connectivity index (χ0v) is 21.2.